The molecule has 1 aromatic carbocycles. The van der Waals surface area contributed by atoms with Gasteiger partial charge in [0.05, 0.1) is 6.54 Å². The van der Waals surface area contributed by atoms with Crippen molar-refractivity contribution in [1.29, 1.82) is 0 Å². The van der Waals surface area contributed by atoms with Crippen molar-refractivity contribution in [2.24, 2.45) is 0 Å². The van der Waals surface area contributed by atoms with Crippen molar-refractivity contribution in [1.82, 2.24) is 25.0 Å². The van der Waals surface area contributed by atoms with Crippen LogP contribution in [0.5, 0.6) is 0 Å². The Labute approximate surface area is 139 Å². The number of nitrogens with zero attached hydrogens (tertiary/aromatic N) is 4. The maximum atomic E-state index is 13.3. The van der Waals surface area contributed by atoms with Crippen LogP contribution in [0.15, 0.2) is 24.3 Å². The molecule has 2 aliphatic heterocycles. The summed E-state index contributed by atoms with van der Waals surface area (Å²) in [6, 6.07) is 5.90. The summed E-state index contributed by atoms with van der Waals surface area (Å²) in [5.41, 5.74) is 0.416. The highest BCUT2D eigenvalue weighted by Gasteiger charge is 2.29. The van der Waals surface area contributed by atoms with Crippen LogP contribution in [0.1, 0.15) is 40.8 Å². The molecule has 24 heavy (non-hydrogen) atoms. The van der Waals surface area contributed by atoms with Crippen LogP contribution in [0.4, 0.5) is 4.39 Å². The first-order valence-corrected chi connectivity index (χ1v) is 8.40. The number of aromatic nitrogens is 3. The number of amides is 1. The first-order valence-electron chi connectivity index (χ1n) is 8.40. The van der Waals surface area contributed by atoms with Crippen LogP contribution >= 0.6 is 0 Å². The third-order valence-corrected chi connectivity index (χ3v) is 4.87. The van der Waals surface area contributed by atoms with Gasteiger partial charge in [-0.05, 0) is 31.0 Å². The van der Waals surface area contributed by atoms with Crippen molar-refractivity contribution in [2.75, 3.05) is 19.6 Å². The summed E-state index contributed by atoms with van der Waals surface area (Å²) in [6.07, 6.45) is 1.74. The lowest BCUT2D eigenvalue weighted by atomic mass is 9.95. The molecule has 3 heterocycles. The number of fused-ring (bicyclic) bond motifs is 1. The van der Waals surface area contributed by atoms with Gasteiger partial charge in [0.2, 0.25) is 0 Å². The fourth-order valence-corrected chi connectivity index (χ4v) is 3.56. The van der Waals surface area contributed by atoms with Gasteiger partial charge in [-0.2, -0.15) is 0 Å². The van der Waals surface area contributed by atoms with Crippen molar-refractivity contribution in [3.63, 3.8) is 0 Å². The largest absolute Gasteiger partial charge is 0.339 e. The minimum Gasteiger partial charge on any atom is -0.339 e. The molecule has 1 N–H and O–H groups in total. The zero-order valence-corrected chi connectivity index (χ0v) is 13.4. The first-order chi connectivity index (χ1) is 11.7. The average Bonchev–Trinajstić information content (AvgIpc) is 3.05. The summed E-state index contributed by atoms with van der Waals surface area (Å²) < 4.78 is 15.5. The summed E-state index contributed by atoms with van der Waals surface area (Å²) in [4.78, 5) is 14.3. The van der Waals surface area contributed by atoms with Crippen LogP contribution in [0, 0.1) is 5.82 Å². The maximum Gasteiger partial charge on any atom is 0.253 e. The molecule has 0 spiro atoms. The minimum absolute atomic E-state index is 0.0968. The van der Waals surface area contributed by atoms with Gasteiger partial charge in [0.1, 0.15) is 17.5 Å². The minimum atomic E-state index is -0.376. The van der Waals surface area contributed by atoms with E-state index in [1.54, 1.807) is 17.0 Å². The number of benzene rings is 1. The Morgan fingerprint density at radius 2 is 2.04 bits per heavy atom. The van der Waals surface area contributed by atoms with Gasteiger partial charge in [0.25, 0.3) is 5.91 Å². The average molecular weight is 329 g/mol. The topological polar surface area (TPSA) is 63.1 Å². The SMILES string of the molecule is O=C(c1cccc(F)c1)N1CCC(c2nnc3n2CCNC3)CC1. The van der Waals surface area contributed by atoms with Crippen molar-refractivity contribution in [2.45, 2.75) is 31.8 Å². The van der Waals surface area contributed by atoms with Crippen LogP contribution in [-0.2, 0) is 13.1 Å². The van der Waals surface area contributed by atoms with Gasteiger partial charge in [0.15, 0.2) is 0 Å². The molecule has 1 saturated heterocycles. The normalized spacial score (nSPS) is 18.5. The number of carbonyl (C=O) groups excluding carboxylic acids is 1. The molecule has 0 unspecified atom stereocenters. The van der Waals surface area contributed by atoms with Crippen molar-refractivity contribution < 1.29 is 9.18 Å². The second kappa shape index (κ2) is 6.32. The van der Waals surface area contributed by atoms with E-state index in [1.165, 1.54) is 12.1 Å². The molecule has 1 aromatic heterocycles. The van der Waals surface area contributed by atoms with Gasteiger partial charge in [-0.15, -0.1) is 10.2 Å². The second-order valence-electron chi connectivity index (χ2n) is 6.38. The van der Waals surface area contributed by atoms with Crippen molar-refractivity contribution in [3.05, 3.63) is 47.3 Å². The molecule has 4 rings (SSSR count). The number of piperidine rings is 1. The maximum absolute atomic E-state index is 13.3. The van der Waals surface area contributed by atoms with Crippen LogP contribution in [0.25, 0.3) is 0 Å². The van der Waals surface area contributed by atoms with E-state index in [0.717, 1.165) is 44.1 Å². The number of hydrogen-bond donors (Lipinski definition) is 1. The molecule has 1 amide bonds. The molecule has 0 saturated carbocycles. The number of carbonyl (C=O) groups is 1. The van der Waals surface area contributed by atoms with Gasteiger partial charge in [-0.1, -0.05) is 6.07 Å². The summed E-state index contributed by atoms with van der Waals surface area (Å²) in [5.74, 6) is 1.90. The quantitative estimate of drug-likeness (QED) is 0.908. The van der Waals surface area contributed by atoms with Crippen LogP contribution in [-0.4, -0.2) is 45.2 Å². The zero-order valence-electron chi connectivity index (χ0n) is 13.4. The lowest BCUT2D eigenvalue weighted by Crippen LogP contribution is -2.39. The molecule has 0 radical (unpaired) electrons. The molecule has 2 aromatic rings. The smallest absolute Gasteiger partial charge is 0.253 e. The predicted octanol–water partition coefficient (Wildman–Crippen LogP) is 1.54. The lowest BCUT2D eigenvalue weighted by molar-refractivity contribution is 0.0709. The summed E-state index contributed by atoms with van der Waals surface area (Å²) >= 11 is 0. The molecule has 0 atom stereocenters. The van der Waals surface area contributed by atoms with Crippen LogP contribution < -0.4 is 5.32 Å². The summed E-state index contributed by atoms with van der Waals surface area (Å²) in [6.45, 7) is 3.94. The highest BCUT2D eigenvalue weighted by atomic mass is 19.1. The first kappa shape index (κ1) is 15.3. The summed E-state index contributed by atoms with van der Waals surface area (Å²) in [5, 5.41) is 11.9. The van der Waals surface area contributed by atoms with E-state index in [-0.39, 0.29) is 11.7 Å². The van der Waals surface area contributed by atoms with E-state index >= 15 is 0 Å². The molecular weight excluding hydrogens is 309 g/mol. The molecule has 7 heteroatoms. The Morgan fingerprint density at radius 3 is 2.83 bits per heavy atom. The van der Waals surface area contributed by atoms with E-state index in [0.29, 0.717) is 24.6 Å². The molecule has 126 valence electrons. The fraction of sp³-hybridized carbons (Fsp3) is 0.471. The van der Waals surface area contributed by atoms with Gasteiger partial charge in [0, 0.05) is 37.7 Å². The highest BCUT2D eigenvalue weighted by molar-refractivity contribution is 5.94. The lowest BCUT2D eigenvalue weighted by Gasteiger charge is -2.32. The fourth-order valence-electron chi connectivity index (χ4n) is 3.56. The van der Waals surface area contributed by atoms with E-state index in [4.69, 9.17) is 0 Å². The molecule has 6 nitrogen and oxygen atoms in total. The zero-order chi connectivity index (χ0) is 16.5. The van der Waals surface area contributed by atoms with E-state index in [1.807, 2.05) is 0 Å². The van der Waals surface area contributed by atoms with Gasteiger partial charge < -0.3 is 14.8 Å². The third-order valence-electron chi connectivity index (χ3n) is 4.87. The third kappa shape index (κ3) is 2.80. The summed E-state index contributed by atoms with van der Waals surface area (Å²) in [7, 11) is 0. The molecular formula is C17H20FN5O. The Balaban J connectivity index is 1.43. The standard InChI is InChI=1S/C17H20FN5O/c18-14-3-1-2-13(10-14)17(24)22-7-4-12(5-8-22)16-21-20-15-11-19-6-9-23(15)16/h1-3,10,12,19H,4-9,11H2. The monoisotopic (exact) mass is 329 g/mol. The molecule has 0 aliphatic carbocycles. The number of rotatable bonds is 2. The Hall–Kier alpha value is -2.28. The number of nitrogens with one attached hydrogen (secondary N) is 1. The van der Waals surface area contributed by atoms with Crippen molar-refractivity contribution in [3.8, 4) is 0 Å². The van der Waals surface area contributed by atoms with E-state index in [2.05, 4.69) is 20.1 Å². The predicted molar refractivity (Wildman–Crippen MR) is 86.0 cm³/mol. The Kier molecular flexibility index (Phi) is 4.02. The Morgan fingerprint density at radius 1 is 1.21 bits per heavy atom. The Bertz CT molecular complexity index is 751. The number of halogens is 1. The van der Waals surface area contributed by atoms with E-state index in [9.17, 15) is 9.18 Å². The number of likely N-dealkylation sites (tertiary alicyclic amines) is 1. The van der Waals surface area contributed by atoms with Crippen LogP contribution in [0.2, 0.25) is 0 Å². The molecule has 0 bridgehead atoms. The molecule has 2 aliphatic rings. The second-order valence-corrected chi connectivity index (χ2v) is 6.38. The van der Waals surface area contributed by atoms with E-state index < -0.39 is 0 Å². The van der Waals surface area contributed by atoms with Gasteiger partial charge >= 0.3 is 0 Å². The van der Waals surface area contributed by atoms with Gasteiger partial charge in [-0.25, -0.2) is 4.39 Å². The van der Waals surface area contributed by atoms with Crippen LogP contribution in [0.3, 0.4) is 0 Å². The highest BCUT2D eigenvalue weighted by Crippen LogP contribution is 2.28. The van der Waals surface area contributed by atoms with Crippen molar-refractivity contribution >= 4 is 5.91 Å². The van der Waals surface area contributed by atoms with Gasteiger partial charge in [-0.3, -0.25) is 4.79 Å². The number of hydrogen-bond acceptors (Lipinski definition) is 4. The molecule has 1 fully saturated rings.